The van der Waals surface area contributed by atoms with E-state index in [1.807, 2.05) is 0 Å². The van der Waals surface area contributed by atoms with Crippen LogP contribution in [0.4, 0.5) is 5.88 Å². The molecule has 0 aromatic carbocycles. The van der Waals surface area contributed by atoms with Gasteiger partial charge in [0.2, 0.25) is 6.79 Å². The molecule has 0 fully saturated rings. The lowest BCUT2D eigenvalue weighted by molar-refractivity contribution is -0.402. The van der Waals surface area contributed by atoms with Crippen molar-refractivity contribution in [1.82, 2.24) is 0 Å². The molecule has 8 heteroatoms. The molecule has 1 aromatic rings. The molecule has 0 aliphatic rings. The quantitative estimate of drug-likeness (QED) is 0.341. The molecule has 0 saturated carbocycles. The topological polar surface area (TPSA) is 109 Å². The number of hydrogen-bond acceptors (Lipinski definition) is 7. The van der Waals surface area contributed by atoms with Gasteiger partial charge >= 0.3 is 17.8 Å². The fourth-order valence-electron chi connectivity index (χ4n) is 0.569. The van der Waals surface area contributed by atoms with Crippen molar-refractivity contribution in [2.24, 2.45) is 0 Å². The molecule has 94 valence electrons. The third-order valence-electron chi connectivity index (χ3n) is 1.21. The minimum Gasteiger partial charge on any atom is -0.428 e. The second-order valence-electron chi connectivity index (χ2n) is 2.60. The summed E-state index contributed by atoms with van der Waals surface area (Å²) in [6.45, 7) is 2.19. The zero-order valence-electron chi connectivity index (χ0n) is 9.24. The van der Waals surface area contributed by atoms with E-state index >= 15 is 0 Å². The molecule has 1 rings (SSSR count). The minimum atomic E-state index is -0.583. The van der Waals surface area contributed by atoms with Crippen LogP contribution < -0.4 is 0 Å². The lowest BCUT2D eigenvalue weighted by Crippen LogP contribution is -2.07. The maximum Gasteiger partial charge on any atom is 0.432 e. The molecule has 0 unspecified atom stereocenters. The molecular weight excluding hydrogens is 234 g/mol. The van der Waals surface area contributed by atoms with Gasteiger partial charge in [-0.3, -0.25) is 19.7 Å². The standard InChI is InChI=1S/C5H8O4.C4H3NO3/c1-4(6)8-3-9-5(2)7;6-5(7)4-2-1-3-8-4/h3H2,1-2H3;1-3H. The maximum atomic E-state index is 10.0. The Morgan fingerprint density at radius 1 is 1.35 bits per heavy atom. The van der Waals surface area contributed by atoms with Crippen molar-refractivity contribution in [3.63, 3.8) is 0 Å². The minimum absolute atomic E-state index is 0.218. The van der Waals surface area contributed by atoms with Crippen LogP contribution in [0.1, 0.15) is 13.8 Å². The van der Waals surface area contributed by atoms with Crippen LogP contribution in [-0.2, 0) is 19.1 Å². The molecule has 0 bridgehead atoms. The molecule has 0 N–H and O–H groups in total. The predicted octanol–water partition coefficient (Wildman–Crippen LogP) is 1.26. The van der Waals surface area contributed by atoms with E-state index in [2.05, 4.69) is 13.9 Å². The first kappa shape index (κ1) is 14.6. The number of nitrogens with zero attached hydrogens (tertiary/aromatic N) is 1. The van der Waals surface area contributed by atoms with Crippen molar-refractivity contribution in [2.45, 2.75) is 13.8 Å². The molecule has 0 saturated heterocycles. The molecule has 0 aliphatic carbocycles. The first-order valence-electron chi connectivity index (χ1n) is 4.38. The summed E-state index contributed by atoms with van der Waals surface area (Å²) in [7, 11) is 0. The van der Waals surface area contributed by atoms with Crippen LogP contribution >= 0.6 is 0 Å². The molecule has 1 aromatic heterocycles. The van der Waals surface area contributed by atoms with Crippen molar-refractivity contribution in [1.29, 1.82) is 0 Å². The van der Waals surface area contributed by atoms with Gasteiger partial charge in [-0.05, 0) is 6.07 Å². The van der Waals surface area contributed by atoms with Crippen LogP contribution in [0.5, 0.6) is 0 Å². The number of furan rings is 1. The molecule has 1 heterocycles. The molecule has 17 heavy (non-hydrogen) atoms. The molecule has 0 amide bonds. The molecule has 0 aliphatic heterocycles. The zero-order chi connectivity index (χ0) is 13.3. The van der Waals surface area contributed by atoms with Crippen molar-refractivity contribution in [2.75, 3.05) is 6.79 Å². The van der Waals surface area contributed by atoms with Gasteiger partial charge in [0.25, 0.3) is 0 Å². The summed E-state index contributed by atoms with van der Waals surface area (Å²) in [5.41, 5.74) is 0. The van der Waals surface area contributed by atoms with Crippen LogP contribution in [0.15, 0.2) is 22.8 Å². The van der Waals surface area contributed by atoms with E-state index in [4.69, 9.17) is 0 Å². The van der Waals surface area contributed by atoms with E-state index < -0.39 is 16.9 Å². The summed E-state index contributed by atoms with van der Waals surface area (Å²) in [6.07, 6.45) is 1.26. The summed E-state index contributed by atoms with van der Waals surface area (Å²) in [4.78, 5) is 29.2. The maximum absolute atomic E-state index is 10.0. The smallest absolute Gasteiger partial charge is 0.428 e. The number of ether oxygens (including phenoxy) is 2. The third kappa shape index (κ3) is 8.60. The van der Waals surface area contributed by atoms with Gasteiger partial charge in [-0.25, -0.2) is 0 Å². The van der Waals surface area contributed by atoms with Crippen molar-refractivity contribution in [3.05, 3.63) is 28.5 Å². The van der Waals surface area contributed by atoms with Gasteiger partial charge in [-0.1, -0.05) is 0 Å². The summed E-state index contributed by atoms with van der Waals surface area (Å²) < 4.78 is 12.9. The Bertz CT molecular complexity index is 357. The highest BCUT2D eigenvalue weighted by Crippen LogP contribution is 2.08. The van der Waals surface area contributed by atoms with E-state index in [-0.39, 0.29) is 12.7 Å². The number of carbonyl (C=O) groups is 2. The Hall–Kier alpha value is -2.38. The molecule has 8 nitrogen and oxygen atoms in total. The van der Waals surface area contributed by atoms with Gasteiger partial charge in [-0.2, -0.15) is 0 Å². The Balaban J connectivity index is 0.000000302. The first-order chi connectivity index (χ1) is 7.93. The average molecular weight is 245 g/mol. The van der Waals surface area contributed by atoms with Gasteiger partial charge in [0, 0.05) is 13.8 Å². The molecule has 0 spiro atoms. The lowest BCUT2D eigenvalue weighted by Gasteiger charge is -1.99. The molecule has 0 radical (unpaired) electrons. The number of carbonyl (C=O) groups excluding carboxylic acids is 2. The fourth-order valence-corrected chi connectivity index (χ4v) is 0.569. The summed E-state index contributed by atoms with van der Waals surface area (Å²) in [5, 5.41) is 9.77. The van der Waals surface area contributed by atoms with Gasteiger partial charge < -0.3 is 13.9 Å². The number of rotatable bonds is 3. The second-order valence-corrected chi connectivity index (χ2v) is 2.60. The number of nitro groups is 1. The van der Waals surface area contributed by atoms with Gasteiger partial charge in [-0.15, -0.1) is 0 Å². The molecular formula is C9H11NO7. The highest BCUT2D eigenvalue weighted by Gasteiger charge is 2.04. The van der Waals surface area contributed by atoms with Crippen molar-refractivity contribution in [3.8, 4) is 0 Å². The van der Waals surface area contributed by atoms with Crippen LogP contribution in [0.2, 0.25) is 0 Å². The number of esters is 2. The van der Waals surface area contributed by atoms with E-state index in [9.17, 15) is 19.7 Å². The average Bonchev–Trinajstić information content (AvgIpc) is 2.69. The highest BCUT2D eigenvalue weighted by atomic mass is 16.7. The van der Waals surface area contributed by atoms with Crippen molar-refractivity contribution >= 4 is 17.8 Å². The van der Waals surface area contributed by atoms with Gasteiger partial charge in [0.1, 0.15) is 4.92 Å². The SMILES string of the molecule is CC(=O)OCOC(C)=O.O=[N+]([O-])c1ccco1. The largest absolute Gasteiger partial charge is 0.432 e. The zero-order valence-corrected chi connectivity index (χ0v) is 9.24. The van der Waals surface area contributed by atoms with Crippen LogP contribution in [0.25, 0.3) is 0 Å². The second kappa shape index (κ2) is 7.85. The predicted molar refractivity (Wildman–Crippen MR) is 53.8 cm³/mol. The van der Waals surface area contributed by atoms with Crippen molar-refractivity contribution < 1.29 is 28.4 Å². The normalized spacial score (nSPS) is 8.59. The Labute approximate surface area is 96.3 Å². The highest BCUT2D eigenvalue weighted by molar-refractivity contribution is 5.67. The van der Waals surface area contributed by atoms with Crippen LogP contribution in [0.3, 0.4) is 0 Å². The Morgan fingerprint density at radius 3 is 2.12 bits per heavy atom. The number of hydrogen-bond donors (Lipinski definition) is 0. The lowest BCUT2D eigenvalue weighted by atomic mass is 10.6. The van der Waals surface area contributed by atoms with Crippen LogP contribution in [-0.4, -0.2) is 23.7 Å². The fraction of sp³-hybridized carbons (Fsp3) is 0.333. The molecule has 0 atom stereocenters. The van der Waals surface area contributed by atoms with Crippen LogP contribution in [0, 0.1) is 10.1 Å². The van der Waals surface area contributed by atoms with E-state index in [0.29, 0.717) is 0 Å². The Kier molecular flexibility index (Phi) is 6.75. The van der Waals surface area contributed by atoms with Gasteiger partial charge in [0.05, 0.1) is 12.3 Å². The summed E-state index contributed by atoms with van der Waals surface area (Å²) >= 11 is 0. The monoisotopic (exact) mass is 245 g/mol. The van der Waals surface area contributed by atoms with Gasteiger partial charge in [0.15, 0.2) is 0 Å². The Morgan fingerprint density at radius 2 is 1.88 bits per heavy atom. The third-order valence-corrected chi connectivity index (χ3v) is 1.21. The van der Waals surface area contributed by atoms with E-state index in [1.165, 1.54) is 32.2 Å². The first-order valence-corrected chi connectivity index (χ1v) is 4.38. The summed E-state index contributed by atoms with van der Waals surface area (Å²) in [5.74, 6) is -1.14. The van der Waals surface area contributed by atoms with E-state index in [1.54, 1.807) is 0 Å². The van der Waals surface area contributed by atoms with E-state index in [0.717, 1.165) is 0 Å². The summed E-state index contributed by atoms with van der Waals surface area (Å²) in [6, 6.07) is 2.76.